The highest BCUT2D eigenvalue weighted by Crippen LogP contribution is 2.60. The molecule has 5 nitrogen and oxygen atoms in total. The zero-order valence-electron chi connectivity index (χ0n) is 22.6. The van der Waals surface area contributed by atoms with E-state index in [0.717, 1.165) is 72.6 Å². The summed E-state index contributed by atoms with van der Waals surface area (Å²) in [4.78, 5) is 18.4. The molecule has 4 bridgehead atoms. The number of para-hydroxylation sites is 2. The second kappa shape index (κ2) is 9.81. The molecule has 0 unspecified atom stereocenters. The number of nitrogens with zero attached hydrogens (tertiary/aromatic N) is 2. The third-order valence-corrected chi connectivity index (χ3v) is 9.25. The van der Waals surface area contributed by atoms with Crippen molar-refractivity contribution in [3.8, 4) is 5.75 Å². The van der Waals surface area contributed by atoms with Crippen LogP contribution in [0.1, 0.15) is 75.2 Å². The van der Waals surface area contributed by atoms with Crippen molar-refractivity contribution in [2.45, 2.75) is 78.2 Å². The number of benzene rings is 2. The summed E-state index contributed by atoms with van der Waals surface area (Å²) in [5.74, 6) is 5.06. The van der Waals surface area contributed by atoms with Gasteiger partial charge in [-0.05, 0) is 98.4 Å². The van der Waals surface area contributed by atoms with Gasteiger partial charge in [-0.1, -0.05) is 38.1 Å². The first-order valence-electron chi connectivity index (χ1n) is 14.4. The van der Waals surface area contributed by atoms with Crippen molar-refractivity contribution in [3.05, 3.63) is 59.4 Å². The first-order valence-corrected chi connectivity index (χ1v) is 14.4. The van der Waals surface area contributed by atoms with Crippen LogP contribution in [0, 0.1) is 30.1 Å². The van der Waals surface area contributed by atoms with Gasteiger partial charge in [0.05, 0.1) is 17.6 Å². The fourth-order valence-corrected chi connectivity index (χ4v) is 7.92. The van der Waals surface area contributed by atoms with Crippen LogP contribution in [-0.2, 0) is 17.8 Å². The molecular formula is C32H41N3O2. The third kappa shape index (κ3) is 4.78. The van der Waals surface area contributed by atoms with Crippen molar-refractivity contribution >= 4 is 16.9 Å². The minimum absolute atomic E-state index is 0.0926. The van der Waals surface area contributed by atoms with E-state index >= 15 is 0 Å². The van der Waals surface area contributed by atoms with E-state index in [0.29, 0.717) is 25.0 Å². The minimum Gasteiger partial charge on any atom is -0.491 e. The summed E-state index contributed by atoms with van der Waals surface area (Å²) in [5.41, 5.74) is 4.49. The lowest BCUT2D eigenvalue weighted by Gasteiger charge is -2.55. The van der Waals surface area contributed by atoms with Gasteiger partial charge in [0.25, 0.3) is 0 Å². The van der Waals surface area contributed by atoms with E-state index in [1.807, 2.05) is 6.07 Å². The van der Waals surface area contributed by atoms with E-state index in [1.165, 1.54) is 30.4 Å². The van der Waals surface area contributed by atoms with E-state index in [4.69, 9.17) is 9.72 Å². The number of rotatable bonds is 9. The van der Waals surface area contributed by atoms with Crippen LogP contribution in [0.3, 0.4) is 0 Å². The van der Waals surface area contributed by atoms with Crippen LogP contribution in [0.5, 0.6) is 5.75 Å². The number of hydrogen-bond acceptors (Lipinski definition) is 3. The van der Waals surface area contributed by atoms with E-state index in [9.17, 15) is 4.79 Å². The average molecular weight is 500 g/mol. The van der Waals surface area contributed by atoms with Gasteiger partial charge in [0.2, 0.25) is 5.91 Å². The fraction of sp³-hybridized carbons (Fsp3) is 0.562. The molecule has 0 radical (unpaired) electrons. The summed E-state index contributed by atoms with van der Waals surface area (Å²) in [5, 5.41) is 3.34. The van der Waals surface area contributed by atoms with E-state index in [2.05, 4.69) is 67.1 Å². The first-order chi connectivity index (χ1) is 17.9. The molecule has 37 heavy (non-hydrogen) atoms. The fourth-order valence-electron chi connectivity index (χ4n) is 7.92. The van der Waals surface area contributed by atoms with Crippen LogP contribution in [-0.4, -0.2) is 28.6 Å². The molecule has 0 spiro atoms. The maximum Gasteiger partial charge on any atom is 0.226 e. The van der Waals surface area contributed by atoms with Crippen molar-refractivity contribution in [1.29, 1.82) is 0 Å². The summed E-state index contributed by atoms with van der Waals surface area (Å²) in [6, 6.07) is 14.8. The second-order valence-corrected chi connectivity index (χ2v) is 12.4. The van der Waals surface area contributed by atoms with Gasteiger partial charge in [-0.25, -0.2) is 4.98 Å². The average Bonchev–Trinajstić information content (AvgIpc) is 3.20. The summed E-state index contributed by atoms with van der Waals surface area (Å²) in [7, 11) is 0. The van der Waals surface area contributed by atoms with Gasteiger partial charge < -0.3 is 14.6 Å². The summed E-state index contributed by atoms with van der Waals surface area (Å²) in [6.45, 7) is 8.46. The number of aryl methyl sites for hydroxylation is 1. The lowest BCUT2D eigenvalue weighted by atomic mass is 9.49. The Morgan fingerprint density at radius 2 is 1.78 bits per heavy atom. The highest BCUT2D eigenvalue weighted by atomic mass is 16.5. The number of nitrogens with one attached hydrogen (secondary N) is 1. The number of fused-ring (bicyclic) bond motifs is 1. The maximum atomic E-state index is 13.4. The molecule has 4 saturated carbocycles. The number of imidazole rings is 1. The van der Waals surface area contributed by atoms with Gasteiger partial charge in [-0.2, -0.15) is 0 Å². The molecule has 0 aliphatic heterocycles. The molecule has 7 rings (SSSR count). The van der Waals surface area contributed by atoms with Gasteiger partial charge in [-0.15, -0.1) is 0 Å². The Kier molecular flexibility index (Phi) is 6.50. The molecule has 0 saturated heterocycles. The molecule has 4 fully saturated rings. The number of amides is 1. The zero-order valence-corrected chi connectivity index (χ0v) is 22.6. The van der Waals surface area contributed by atoms with Crippen molar-refractivity contribution in [2.24, 2.45) is 23.2 Å². The summed E-state index contributed by atoms with van der Waals surface area (Å²) in [6.07, 6.45) is 8.14. The Morgan fingerprint density at radius 3 is 2.49 bits per heavy atom. The highest BCUT2D eigenvalue weighted by Gasteiger charge is 2.54. The van der Waals surface area contributed by atoms with Gasteiger partial charge in [0.15, 0.2) is 0 Å². The summed E-state index contributed by atoms with van der Waals surface area (Å²) >= 11 is 0. The lowest BCUT2D eigenvalue weighted by Crippen LogP contribution is -2.53. The first kappa shape index (κ1) is 24.5. The van der Waals surface area contributed by atoms with E-state index in [-0.39, 0.29) is 5.41 Å². The Balaban J connectivity index is 1.13. The standard InChI is InChI=1S/C32H41N3O2/c1-21(2)26-9-8-22(3)14-29(26)37-13-12-35-28-7-5-4-6-27(28)34-30(35)10-11-33-31(36)32-18-23-15-24(19-32)17-25(16-23)20-32/h4-9,14,21,23-25H,10-13,15-20H2,1-3H3,(H,33,36). The van der Waals surface area contributed by atoms with Crippen LogP contribution >= 0.6 is 0 Å². The smallest absolute Gasteiger partial charge is 0.226 e. The molecule has 1 N–H and O–H groups in total. The van der Waals surface area contributed by atoms with Gasteiger partial charge in [-0.3, -0.25) is 4.79 Å². The monoisotopic (exact) mass is 499 g/mol. The number of hydrogen-bond donors (Lipinski definition) is 1. The number of ether oxygens (including phenoxy) is 1. The Hall–Kier alpha value is -2.82. The molecule has 0 atom stereocenters. The predicted molar refractivity (Wildman–Crippen MR) is 148 cm³/mol. The SMILES string of the molecule is Cc1ccc(C(C)C)c(OCCn2c(CCNC(=O)C34CC5CC(CC(C5)C3)C4)nc3ccccc32)c1. The van der Waals surface area contributed by atoms with Gasteiger partial charge in [0, 0.05) is 18.4 Å². The third-order valence-electron chi connectivity index (χ3n) is 9.25. The van der Waals surface area contributed by atoms with Crippen molar-refractivity contribution in [3.63, 3.8) is 0 Å². The van der Waals surface area contributed by atoms with Crippen LogP contribution < -0.4 is 10.1 Å². The molecule has 3 aromatic rings. The number of aromatic nitrogens is 2. The quantitative estimate of drug-likeness (QED) is 0.369. The van der Waals surface area contributed by atoms with Crippen molar-refractivity contribution < 1.29 is 9.53 Å². The topological polar surface area (TPSA) is 56.1 Å². The molecule has 1 amide bonds. The molecular weight excluding hydrogens is 458 g/mol. The maximum absolute atomic E-state index is 13.4. The number of carbonyl (C=O) groups is 1. The van der Waals surface area contributed by atoms with Crippen LogP contribution in [0.15, 0.2) is 42.5 Å². The molecule has 1 aromatic heterocycles. The summed E-state index contributed by atoms with van der Waals surface area (Å²) < 4.78 is 8.59. The van der Waals surface area contributed by atoms with E-state index in [1.54, 1.807) is 0 Å². The predicted octanol–water partition coefficient (Wildman–Crippen LogP) is 6.42. The van der Waals surface area contributed by atoms with Crippen molar-refractivity contribution in [1.82, 2.24) is 14.9 Å². The second-order valence-electron chi connectivity index (χ2n) is 12.4. The molecule has 1 heterocycles. The molecule has 5 heteroatoms. The molecule has 196 valence electrons. The lowest BCUT2D eigenvalue weighted by molar-refractivity contribution is -0.146. The van der Waals surface area contributed by atoms with Crippen LogP contribution in [0.2, 0.25) is 0 Å². The van der Waals surface area contributed by atoms with Crippen LogP contribution in [0.4, 0.5) is 0 Å². The van der Waals surface area contributed by atoms with Crippen molar-refractivity contribution in [2.75, 3.05) is 13.2 Å². The highest BCUT2D eigenvalue weighted by molar-refractivity contribution is 5.83. The Labute approximate surface area is 221 Å². The molecule has 4 aliphatic rings. The van der Waals surface area contributed by atoms with Crippen LogP contribution in [0.25, 0.3) is 11.0 Å². The normalized spacial score (nSPS) is 26.2. The Morgan fingerprint density at radius 1 is 1.08 bits per heavy atom. The van der Waals surface area contributed by atoms with E-state index < -0.39 is 0 Å². The minimum atomic E-state index is -0.0926. The van der Waals surface area contributed by atoms with Gasteiger partial charge in [0.1, 0.15) is 18.2 Å². The number of carbonyl (C=O) groups excluding carboxylic acids is 1. The Bertz CT molecular complexity index is 1260. The molecule has 2 aromatic carbocycles. The zero-order chi connectivity index (χ0) is 25.6. The largest absolute Gasteiger partial charge is 0.491 e. The molecule has 4 aliphatic carbocycles. The van der Waals surface area contributed by atoms with Gasteiger partial charge >= 0.3 is 0 Å².